The largest absolute Gasteiger partial charge is 0.481 e. The van der Waals surface area contributed by atoms with Crippen molar-refractivity contribution >= 4 is 38.5 Å². The second-order valence-corrected chi connectivity index (χ2v) is 8.54. The number of nitrogens with one attached hydrogen (secondary N) is 1. The van der Waals surface area contributed by atoms with E-state index in [1.807, 2.05) is 19.9 Å². The normalized spacial score (nSPS) is 12.0. The van der Waals surface area contributed by atoms with Crippen LogP contribution in [-0.2, 0) is 21.2 Å². The van der Waals surface area contributed by atoms with Gasteiger partial charge in [0.2, 0.25) is 10.0 Å². The summed E-state index contributed by atoms with van der Waals surface area (Å²) in [6, 6.07) is 10.4. The van der Waals surface area contributed by atoms with Gasteiger partial charge in [-0.25, -0.2) is 13.6 Å². The highest BCUT2D eigenvalue weighted by atomic mass is 35.5. The van der Waals surface area contributed by atoms with Crippen LogP contribution in [0.4, 0.5) is 0 Å². The third-order valence-electron chi connectivity index (χ3n) is 4.42. The van der Waals surface area contributed by atoms with Crippen molar-refractivity contribution in [3.05, 3.63) is 52.5 Å². The molecule has 0 saturated carbocycles. The van der Waals surface area contributed by atoms with Crippen molar-refractivity contribution in [2.75, 3.05) is 0 Å². The number of hydrogen-bond donors (Lipinski definition) is 3. The van der Waals surface area contributed by atoms with Gasteiger partial charge in [-0.2, -0.15) is 0 Å². The number of hydrogen-bond acceptors (Lipinski definition) is 3. The number of fused-ring (bicyclic) bond motifs is 1. The van der Waals surface area contributed by atoms with E-state index in [0.717, 1.165) is 5.39 Å². The molecule has 0 spiro atoms. The Morgan fingerprint density at radius 2 is 1.89 bits per heavy atom. The first-order valence-electron chi connectivity index (χ1n) is 8.28. The van der Waals surface area contributed by atoms with E-state index in [0.29, 0.717) is 32.9 Å². The zero-order chi connectivity index (χ0) is 19.9. The van der Waals surface area contributed by atoms with E-state index in [1.54, 1.807) is 30.3 Å². The first kappa shape index (κ1) is 19.4. The highest BCUT2D eigenvalue weighted by Gasteiger charge is 2.27. The zero-order valence-electron chi connectivity index (χ0n) is 14.8. The number of aromatic nitrogens is 1. The van der Waals surface area contributed by atoms with E-state index in [1.165, 1.54) is 0 Å². The van der Waals surface area contributed by atoms with Gasteiger partial charge in [0.1, 0.15) is 0 Å². The molecule has 0 aliphatic rings. The first-order chi connectivity index (χ1) is 12.6. The standard InChI is InChI=1S/C19H19ClN2O4S/c1-10(2)17-14(20)8-7-12(19(17)27(21,25)26)18-13(9-16(23)24)11-5-3-4-6-15(11)22-18/h3-8,10,22H,9H2,1-2H3,(H,23,24)(H2,21,25,26). The van der Waals surface area contributed by atoms with Crippen molar-refractivity contribution in [3.8, 4) is 11.3 Å². The number of rotatable bonds is 5. The molecule has 0 saturated heterocycles. The van der Waals surface area contributed by atoms with Gasteiger partial charge in [-0.05, 0) is 29.2 Å². The van der Waals surface area contributed by atoms with Gasteiger partial charge in [-0.15, -0.1) is 0 Å². The van der Waals surface area contributed by atoms with E-state index in [4.69, 9.17) is 16.7 Å². The molecular formula is C19H19ClN2O4S. The highest BCUT2D eigenvalue weighted by Crippen LogP contribution is 2.40. The summed E-state index contributed by atoms with van der Waals surface area (Å²) < 4.78 is 24.9. The second kappa shape index (κ2) is 6.99. The van der Waals surface area contributed by atoms with E-state index < -0.39 is 16.0 Å². The van der Waals surface area contributed by atoms with Gasteiger partial charge in [-0.3, -0.25) is 4.79 Å². The van der Waals surface area contributed by atoms with E-state index in [2.05, 4.69) is 4.98 Å². The summed E-state index contributed by atoms with van der Waals surface area (Å²) >= 11 is 6.27. The minimum Gasteiger partial charge on any atom is -0.481 e. The molecule has 142 valence electrons. The lowest BCUT2D eigenvalue weighted by molar-refractivity contribution is -0.136. The Labute approximate surface area is 162 Å². The van der Waals surface area contributed by atoms with E-state index in [9.17, 15) is 18.3 Å². The lowest BCUT2D eigenvalue weighted by atomic mass is 9.96. The number of aliphatic carboxylic acids is 1. The molecule has 0 aliphatic heterocycles. The molecule has 0 amide bonds. The molecule has 2 aromatic carbocycles. The highest BCUT2D eigenvalue weighted by molar-refractivity contribution is 7.89. The molecule has 0 fully saturated rings. The fraction of sp³-hybridized carbons (Fsp3) is 0.211. The van der Waals surface area contributed by atoms with Crippen LogP contribution in [0, 0.1) is 0 Å². The molecule has 0 bridgehead atoms. The van der Waals surface area contributed by atoms with Gasteiger partial charge in [-0.1, -0.05) is 49.7 Å². The average molecular weight is 407 g/mol. The summed E-state index contributed by atoms with van der Waals surface area (Å²) in [6.45, 7) is 3.64. The van der Waals surface area contributed by atoms with Gasteiger partial charge < -0.3 is 10.1 Å². The van der Waals surface area contributed by atoms with Crippen molar-refractivity contribution in [1.29, 1.82) is 0 Å². The Kier molecular flexibility index (Phi) is 5.03. The van der Waals surface area contributed by atoms with Crippen LogP contribution in [-0.4, -0.2) is 24.5 Å². The molecule has 3 rings (SSSR count). The van der Waals surface area contributed by atoms with Gasteiger partial charge in [0.05, 0.1) is 17.0 Å². The van der Waals surface area contributed by atoms with Crippen LogP contribution in [0.1, 0.15) is 30.9 Å². The summed E-state index contributed by atoms with van der Waals surface area (Å²) in [5.41, 5.74) is 2.36. The summed E-state index contributed by atoms with van der Waals surface area (Å²) in [5.74, 6) is -1.21. The smallest absolute Gasteiger partial charge is 0.307 e. The predicted molar refractivity (Wildman–Crippen MR) is 106 cm³/mol. The topological polar surface area (TPSA) is 113 Å². The maximum Gasteiger partial charge on any atom is 0.307 e. The average Bonchev–Trinajstić information content (AvgIpc) is 2.91. The maximum atomic E-state index is 12.4. The Bertz CT molecular complexity index is 1150. The number of primary sulfonamides is 1. The predicted octanol–water partition coefficient (Wildman–Crippen LogP) is 3.89. The first-order valence-corrected chi connectivity index (χ1v) is 10.2. The number of H-pyrrole nitrogens is 1. The minimum atomic E-state index is -4.11. The summed E-state index contributed by atoms with van der Waals surface area (Å²) in [4.78, 5) is 14.5. The molecule has 4 N–H and O–H groups in total. The number of benzene rings is 2. The Balaban J connectivity index is 2.45. The van der Waals surface area contributed by atoms with Crippen molar-refractivity contribution < 1.29 is 18.3 Å². The van der Waals surface area contributed by atoms with Crippen LogP contribution in [0.15, 0.2) is 41.3 Å². The number of carboxylic acid groups (broad SMARTS) is 1. The molecule has 1 heterocycles. The number of nitrogens with two attached hydrogens (primary N) is 1. The fourth-order valence-electron chi connectivity index (χ4n) is 3.38. The molecule has 0 atom stereocenters. The van der Waals surface area contributed by atoms with E-state index in [-0.39, 0.29) is 17.2 Å². The van der Waals surface area contributed by atoms with E-state index >= 15 is 0 Å². The van der Waals surface area contributed by atoms with Crippen molar-refractivity contribution in [2.24, 2.45) is 5.14 Å². The third-order valence-corrected chi connectivity index (χ3v) is 5.75. The summed E-state index contributed by atoms with van der Waals surface area (Å²) in [6.07, 6.45) is -0.261. The number of para-hydroxylation sites is 1. The molecule has 0 radical (unpaired) electrons. The van der Waals surface area contributed by atoms with Crippen LogP contribution in [0.25, 0.3) is 22.2 Å². The van der Waals surface area contributed by atoms with Crippen molar-refractivity contribution in [2.45, 2.75) is 31.1 Å². The molecule has 27 heavy (non-hydrogen) atoms. The van der Waals surface area contributed by atoms with Gasteiger partial charge in [0.15, 0.2) is 0 Å². The van der Waals surface area contributed by atoms with Crippen LogP contribution in [0.2, 0.25) is 5.02 Å². The lowest BCUT2D eigenvalue weighted by Gasteiger charge is -2.17. The van der Waals surface area contributed by atoms with Crippen LogP contribution in [0.3, 0.4) is 0 Å². The molecule has 6 nitrogen and oxygen atoms in total. The molecular weight excluding hydrogens is 388 g/mol. The van der Waals surface area contributed by atoms with Crippen LogP contribution in [0.5, 0.6) is 0 Å². The molecule has 3 aromatic rings. The monoisotopic (exact) mass is 406 g/mol. The molecule has 0 aliphatic carbocycles. The summed E-state index contributed by atoms with van der Waals surface area (Å²) in [7, 11) is -4.11. The maximum absolute atomic E-state index is 12.4. The SMILES string of the molecule is CC(C)c1c(Cl)ccc(-c2[nH]c3ccccc3c2CC(=O)O)c1S(N)(=O)=O. The summed E-state index contributed by atoms with van der Waals surface area (Å²) in [5, 5.41) is 15.9. The number of halogens is 1. The quantitative estimate of drug-likeness (QED) is 0.596. The number of carbonyl (C=O) groups is 1. The second-order valence-electron chi connectivity index (χ2n) is 6.63. The number of aromatic amines is 1. The lowest BCUT2D eigenvalue weighted by Crippen LogP contribution is -2.17. The van der Waals surface area contributed by atoms with Crippen LogP contribution >= 0.6 is 11.6 Å². The fourth-order valence-corrected chi connectivity index (χ4v) is 4.94. The van der Waals surface area contributed by atoms with Gasteiger partial charge in [0.25, 0.3) is 0 Å². The number of carboxylic acids is 1. The Morgan fingerprint density at radius 3 is 2.48 bits per heavy atom. The molecule has 1 aromatic heterocycles. The van der Waals surface area contributed by atoms with Gasteiger partial charge in [0, 0.05) is 21.5 Å². The van der Waals surface area contributed by atoms with Crippen LogP contribution < -0.4 is 5.14 Å². The van der Waals surface area contributed by atoms with Gasteiger partial charge >= 0.3 is 5.97 Å². The van der Waals surface area contributed by atoms with Crippen molar-refractivity contribution in [3.63, 3.8) is 0 Å². The molecule has 0 unspecified atom stereocenters. The zero-order valence-corrected chi connectivity index (χ0v) is 16.4. The number of sulfonamides is 1. The third kappa shape index (κ3) is 3.58. The minimum absolute atomic E-state index is 0.0804. The Morgan fingerprint density at radius 1 is 1.22 bits per heavy atom. The van der Waals surface area contributed by atoms with Crippen molar-refractivity contribution in [1.82, 2.24) is 4.98 Å². The Hall–Kier alpha value is -2.35. The molecule has 8 heteroatoms.